The van der Waals surface area contributed by atoms with Gasteiger partial charge in [-0.25, -0.2) is 12.8 Å². The highest BCUT2D eigenvalue weighted by Gasteiger charge is 2.40. The van der Waals surface area contributed by atoms with Crippen LogP contribution in [0.4, 0.5) is 15.8 Å². The Morgan fingerprint density at radius 1 is 1.12 bits per heavy atom. The van der Waals surface area contributed by atoms with Crippen LogP contribution in [-0.4, -0.2) is 15.5 Å². The lowest BCUT2D eigenvalue weighted by atomic mass is 9.77. The molecule has 2 aliphatic rings. The number of hydrogen-bond donors (Lipinski definition) is 2. The van der Waals surface area contributed by atoms with Gasteiger partial charge in [0.05, 0.1) is 23.7 Å². The second-order valence-electron chi connectivity index (χ2n) is 8.17. The fourth-order valence-electron chi connectivity index (χ4n) is 4.77. The first-order valence-corrected chi connectivity index (χ1v) is 12.4. The third-order valence-electron chi connectivity index (χ3n) is 6.31. The Morgan fingerprint density at radius 3 is 2.73 bits per heavy atom. The van der Waals surface area contributed by atoms with E-state index in [1.165, 1.54) is 13.2 Å². The molecule has 0 bridgehead atoms. The lowest BCUT2D eigenvalue weighted by Crippen LogP contribution is -2.30. The molecule has 1 aliphatic heterocycles. The van der Waals surface area contributed by atoms with Crippen molar-refractivity contribution in [2.45, 2.75) is 23.3 Å². The smallest absolute Gasteiger partial charge is 0.262 e. The summed E-state index contributed by atoms with van der Waals surface area (Å²) in [5, 5.41) is 3.79. The van der Waals surface area contributed by atoms with E-state index >= 15 is 0 Å². The van der Waals surface area contributed by atoms with Crippen molar-refractivity contribution < 1.29 is 17.5 Å². The Labute approximate surface area is 197 Å². The summed E-state index contributed by atoms with van der Waals surface area (Å²) in [6, 6.07) is 16.2. The molecule has 0 radical (unpaired) electrons. The molecule has 0 amide bonds. The average Bonchev–Trinajstić information content (AvgIpc) is 3.29. The fraction of sp³-hybridized carbons (Fsp3) is 0.200. The summed E-state index contributed by atoms with van der Waals surface area (Å²) in [5.74, 6) is 0.0498. The summed E-state index contributed by atoms with van der Waals surface area (Å²) in [6.45, 7) is 0. The number of nitrogens with one attached hydrogen (secondary N) is 2. The first kappa shape index (κ1) is 21.8. The van der Waals surface area contributed by atoms with Gasteiger partial charge in [-0.1, -0.05) is 42.0 Å². The minimum Gasteiger partial charge on any atom is -0.495 e. The number of halogens is 2. The molecule has 33 heavy (non-hydrogen) atoms. The largest absolute Gasteiger partial charge is 0.495 e. The number of para-hydroxylation sites is 2. The van der Waals surface area contributed by atoms with Gasteiger partial charge >= 0.3 is 0 Å². The molecule has 3 atom stereocenters. The van der Waals surface area contributed by atoms with Crippen LogP contribution in [-0.2, 0) is 10.0 Å². The summed E-state index contributed by atoms with van der Waals surface area (Å²) in [6.07, 6.45) is 4.86. The van der Waals surface area contributed by atoms with Crippen molar-refractivity contribution in [3.8, 4) is 5.75 Å². The lowest BCUT2D eigenvalue weighted by Gasteiger charge is -2.38. The second kappa shape index (κ2) is 8.39. The summed E-state index contributed by atoms with van der Waals surface area (Å²) in [7, 11) is -2.36. The zero-order chi connectivity index (χ0) is 23.2. The van der Waals surface area contributed by atoms with Crippen LogP contribution in [0.3, 0.4) is 0 Å². The molecule has 0 unspecified atom stereocenters. The Hall–Kier alpha value is -3.03. The highest BCUT2D eigenvalue weighted by Crippen LogP contribution is 2.51. The number of hydrogen-bond acceptors (Lipinski definition) is 4. The monoisotopic (exact) mass is 484 g/mol. The summed E-state index contributed by atoms with van der Waals surface area (Å²) in [5.41, 5.74) is 2.44. The molecule has 2 N–H and O–H groups in total. The molecular weight excluding hydrogens is 463 g/mol. The molecule has 0 saturated carbocycles. The number of anilines is 2. The van der Waals surface area contributed by atoms with Crippen LogP contribution >= 0.6 is 11.6 Å². The van der Waals surface area contributed by atoms with Crippen molar-refractivity contribution in [3.05, 3.63) is 94.8 Å². The predicted molar refractivity (Wildman–Crippen MR) is 128 cm³/mol. The van der Waals surface area contributed by atoms with Crippen LogP contribution in [0.2, 0.25) is 5.02 Å². The third kappa shape index (κ3) is 3.85. The van der Waals surface area contributed by atoms with Crippen molar-refractivity contribution in [1.29, 1.82) is 0 Å². The van der Waals surface area contributed by atoms with Crippen LogP contribution in [0.25, 0.3) is 0 Å². The molecule has 0 fully saturated rings. The maximum absolute atomic E-state index is 14.7. The maximum atomic E-state index is 14.7. The highest BCUT2D eigenvalue weighted by molar-refractivity contribution is 7.92. The number of methoxy groups -OCH3 is 1. The molecule has 170 valence electrons. The van der Waals surface area contributed by atoms with Crippen LogP contribution in [0, 0.1) is 11.7 Å². The molecular formula is C25H22ClFN2O3S. The summed E-state index contributed by atoms with van der Waals surface area (Å²) >= 11 is 6.37. The number of ether oxygens (including phenoxy) is 1. The van der Waals surface area contributed by atoms with Gasteiger partial charge in [-0.3, -0.25) is 4.72 Å². The van der Waals surface area contributed by atoms with Gasteiger partial charge in [0.25, 0.3) is 10.0 Å². The quantitative estimate of drug-likeness (QED) is 0.428. The molecule has 0 saturated heterocycles. The average molecular weight is 485 g/mol. The van der Waals surface area contributed by atoms with E-state index in [0.29, 0.717) is 22.0 Å². The molecule has 3 aromatic rings. The number of rotatable bonds is 5. The van der Waals surface area contributed by atoms with Crippen molar-refractivity contribution in [2.24, 2.45) is 5.92 Å². The van der Waals surface area contributed by atoms with E-state index in [4.69, 9.17) is 16.3 Å². The van der Waals surface area contributed by atoms with Gasteiger partial charge in [-0.05, 0) is 60.4 Å². The molecule has 5 rings (SSSR count). The van der Waals surface area contributed by atoms with Crippen molar-refractivity contribution in [1.82, 2.24) is 0 Å². The first-order chi connectivity index (χ1) is 15.9. The zero-order valence-electron chi connectivity index (χ0n) is 17.8. The first-order valence-electron chi connectivity index (χ1n) is 10.6. The molecule has 0 aromatic heterocycles. The zero-order valence-corrected chi connectivity index (χ0v) is 19.3. The predicted octanol–water partition coefficient (Wildman–Crippen LogP) is 6.12. The number of benzene rings is 3. The molecule has 8 heteroatoms. The maximum Gasteiger partial charge on any atom is 0.262 e. The van der Waals surface area contributed by atoms with Gasteiger partial charge in [0, 0.05) is 22.2 Å². The second-order valence-corrected chi connectivity index (χ2v) is 10.3. The summed E-state index contributed by atoms with van der Waals surface area (Å²) in [4.78, 5) is 0.149. The van der Waals surface area contributed by atoms with Gasteiger partial charge in [0.1, 0.15) is 11.6 Å². The van der Waals surface area contributed by atoms with E-state index in [1.54, 1.807) is 54.6 Å². The number of sulfonamides is 1. The van der Waals surface area contributed by atoms with Crippen molar-refractivity contribution >= 4 is 33.0 Å². The van der Waals surface area contributed by atoms with E-state index in [-0.39, 0.29) is 28.6 Å². The Morgan fingerprint density at radius 2 is 1.94 bits per heavy atom. The minimum absolute atomic E-state index is 0.0204. The molecule has 0 spiro atoms. The molecule has 1 aliphatic carbocycles. The van der Waals surface area contributed by atoms with Gasteiger partial charge in [0.2, 0.25) is 0 Å². The lowest BCUT2D eigenvalue weighted by molar-refractivity contribution is 0.413. The van der Waals surface area contributed by atoms with E-state index in [9.17, 15) is 12.8 Å². The van der Waals surface area contributed by atoms with E-state index < -0.39 is 10.0 Å². The fourth-order valence-corrected chi connectivity index (χ4v) is 6.15. The van der Waals surface area contributed by atoms with Crippen molar-refractivity contribution in [2.75, 3.05) is 17.1 Å². The number of fused-ring (bicyclic) bond motifs is 3. The molecule has 1 heterocycles. The van der Waals surface area contributed by atoms with Crippen LogP contribution in [0.15, 0.2) is 77.7 Å². The standard InChI is InChI=1S/C25H22ClFN2O3S/c1-32-23-11-3-2-10-22(23)29-33(30,31)15-12-13-21-18(14-15)16-6-4-7-17(16)25(28-21)24-19(26)8-5-9-20(24)27/h2-6,8-14,16-17,25,28-29H,7H2,1H3/t16-,17+,25-/m0/s1. The number of allylic oxidation sites excluding steroid dienone is 2. The van der Waals surface area contributed by atoms with E-state index in [2.05, 4.69) is 22.2 Å². The van der Waals surface area contributed by atoms with E-state index in [1.807, 2.05) is 0 Å². The van der Waals surface area contributed by atoms with Crippen molar-refractivity contribution in [3.63, 3.8) is 0 Å². The van der Waals surface area contributed by atoms with Gasteiger partial charge in [-0.15, -0.1) is 0 Å². The van der Waals surface area contributed by atoms with Crippen LogP contribution < -0.4 is 14.8 Å². The Bertz CT molecular complexity index is 1340. The summed E-state index contributed by atoms with van der Waals surface area (Å²) < 4.78 is 48.9. The normalized spacial score (nSPS) is 21.1. The van der Waals surface area contributed by atoms with Gasteiger partial charge in [0.15, 0.2) is 0 Å². The SMILES string of the molecule is COc1ccccc1NS(=O)(=O)c1ccc2c(c1)[C@H]1C=CC[C@H]1[C@@H](c1c(F)cccc1Cl)N2. The Kier molecular flexibility index (Phi) is 5.54. The molecule has 5 nitrogen and oxygen atoms in total. The van der Waals surface area contributed by atoms with Gasteiger partial charge in [-0.2, -0.15) is 0 Å². The molecule has 3 aromatic carbocycles. The Balaban J connectivity index is 1.52. The van der Waals surface area contributed by atoms with Gasteiger partial charge < -0.3 is 10.1 Å². The topological polar surface area (TPSA) is 67.4 Å². The third-order valence-corrected chi connectivity index (χ3v) is 8.00. The van der Waals surface area contributed by atoms with E-state index in [0.717, 1.165) is 17.7 Å². The minimum atomic E-state index is -3.85. The van der Waals surface area contributed by atoms with Crippen LogP contribution in [0.5, 0.6) is 5.75 Å². The van der Waals surface area contributed by atoms with Crippen LogP contribution in [0.1, 0.15) is 29.5 Å². The highest BCUT2D eigenvalue weighted by atomic mass is 35.5.